The van der Waals surface area contributed by atoms with Crippen molar-refractivity contribution in [2.45, 2.75) is 123 Å². The molecular formula is C31H51N7O11. The fourth-order valence-electron chi connectivity index (χ4n) is 5.32. The van der Waals surface area contributed by atoms with Crippen LogP contribution in [-0.2, 0) is 43.2 Å². The molecule has 1 heterocycles. The van der Waals surface area contributed by atoms with Crippen LogP contribution in [0.15, 0.2) is 0 Å². The van der Waals surface area contributed by atoms with Crippen molar-refractivity contribution in [3.63, 3.8) is 0 Å². The van der Waals surface area contributed by atoms with E-state index in [1.54, 1.807) is 27.7 Å². The largest absolute Gasteiger partial charge is 0.481 e. The molecule has 0 radical (unpaired) electrons. The molecule has 0 spiro atoms. The lowest BCUT2D eigenvalue weighted by molar-refractivity contribution is -0.144. The highest BCUT2D eigenvalue weighted by Crippen LogP contribution is 2.21. The molecule has 1 aliphatic rings. The number of hydrogen-bond acceptors (Lipinski definition) is 9. The maximum atomic E-state index is 13.8. The second-order valence-electron chi connectivity index (χ2n) is 12.6. The highest BCUT2D eigenvalue weighted by atomic mass is 16.4. The lowest BCUT2D eigenvalue weighted by Crippen LogP contribution is -2.61. The topological polar surface area (TPSA) is 283 Å². The predicted octanol–water partition coefficient (Wildman–Crippen LogP) is -1.64. The lowest BCUT2D eigenvalue weighted by Gasteiger charge is -2.33. The van der Waals surface area contributed by atoms with Gasteiger partial charge in [-0.25, -0.2) is 0 Å². The summed E-state index contributed by atoms with van der Waals surface area (Å²) in [5, 5.41) is 30.6. The van der Waals surface area contributed by atoms with Crippen molar-refractivity contribution >= 4 is 53.3 Å². The molecule has 7 amide bonds. The standard InChI is InChI=1S/C31H51N7O11/c1-7-10-18(26(32)44)34-29(47)21-11-9-12-38(21)31(49)24(15(3)4)36-30(48)25(16(5)8-2)37-28(46)20(14-23(42)43)35-27(45)19(13-22(40)41)33-17(6)39/h15-16,18-21,24-25H,7-14H2,1-6H3,(H2,32,44)(H,33,39)(H,34,47)(H,35,45)(H,36,48)(H,37,46)(H,40,41)(H,42,43)/t16-,18-,19-,20+,21-,24-,25-/m0/s1. The molecule has 0 saturated carbocycles. The van der Waals surface area contributed by atoms with Gasteiger partial charge in [0.1, 0.15) is 36.3 Å². The molecule has 0 bridgehead atoms. The molecule has 0 aromatic carbocycles. The van der Waals surface area contributed by atoms with Crippen LogP contribution in [0.2, 0.25) is 0 Å². The molecule has 18 nitrogen and oxygen atoms in total. The van der Waals surface area contributed by atoms with Crippen molar-refractivity contribution in [1.82, 2.24) is 31.5 Å². The van der Waals surface area contributed by atoms with Crippen molar-refractivity contribution in [2.75, 3.05) is 6.54 Å². The number of primary amides is 1. The van der Waals surface area contributed by atoms with Crippen LogP contribution in [0.4, 0.5) is 0 Å². The van der Waals surface area contributed by atoms with E-state index >= 15 is 0 Å². The Hall–Kier alpha value is -4.77. The van der Waals surface area contributed by atoms with Crippen LogP contribution in [0.25, 0.3) is 0 Å². The highest BCUT2D eigenvalue weighted by Gasteiger charge is 2.41. The van der Waals surface area contributed by atoms with Crippen LogP contribution in [0.1, 0.15) is 86.5 Å². The van der Waals surface area contributed by atoms with E-state index in [0.29, 0.717) is 32.1 Å². The van der Waals surface area contributed by atoms with Gasteiger partial charge in [-0.2, -0.15) is 0 Å². The first-order valence-corrected chi connectivity index (χ1v) is 16.4. The molecule has 0 unspecified atom stereocenters. The molecule has 0 aromatic heterocycles. The number of amides is 7. The Morgan fingerprint density at radius 3 is 1.76 bits per heavy atom. The van der Waals surface area contributed by atoms with Crippen molar-refractivity contribution < 1.29 is 53.4 Å². The van der Waals surface area contributed by atoms with E-state index in [9.17, 15) is 48.3 Å². The molecule has 9 N–H and O–H groups in total. The van der Waals surface area contributed by atoms with Gasteiger partial charge in [0.05, 0.1) is 12.8 Å². The molecule has 18 heteroatoms. The van der Waals surface area contributed by atoms with E-state index in [1.165, 1.54) is 4.90 Å². The summed E-state index contributed by atoms with van der Waals surface area (Å²) < 4.78 is 0. The van der Waals surface area contributed by atoms with Crippen LogP contribution >= 0.6 is 0 Å². The van der Waals surface area contributed by atoms with Crippen molar-refractivity contribution in [1.29, 1.82) is 0 Å². The normalized spacial score (nSPS) is 17.8. The van der Waals surface area contributed by atoms with Gasteiger partial charge in [-0.15, -0.1) is 0 Å². The van der Waals surface area contributed by atoms with Crippen LogP contribution in [0.5, 0.6) is 0 Å². The predicted molar refractivity (Wildman–Crippen MR) is 173 cm³/mol. The summed E-state index contributed by atoms with van der Waals surface area (Å²) in [4.78, 5) is 114. The third kappa shape index (κ3) is 13.3. The number of aliphatic carboxylic acids is 2. The van der Waals surface area contributed by atoms with Crippen molar-refractivity contribution in [2.24, 2.45) is 17.6 Å². The minimum Gasteiger partial charge on any atom is -0.481 e. The third-order valence-corrected chi connectivity index (χ3v) is 8.18. The number of rotatable bonds is 20. The highest BCUT2D eigenvalue weighted by molar-refractivity contribution is 5.98. The van der Waals surface area contributed by atoms with Gasteiger partial charge in [-0.05, 0) is 31.1 Å². The van der Waals surface area contributed by atoms with Crippen LogP contribution in [0.3, 0.4) is 0 Å². The van der Waals surface area contributed by atoms with Crippen molar-refractivity contribution in [3.8, 4) is 0 Å². The summed E-state index contributed by atoms with van der Waals surface area (Å²) in [5.41, 5.74) is 5.42. The van der Waals surface area contributed by atoms with Gasteiger partial charge in [0.25, 0.3) is 0 Å². The smallest absolute Gasteiger partial charge is 0.305 e. The van der Waals surface area contributed by atoms with E-state index in [4.69, 9.17) is 10.8 Å². The fourth-order valence-corrected chi connectivity index (χ4v) is 5.32. The Bertz CT molecular complexity index is 1240. The van der Waals surface area contributed by atoms with E-state index in [-0.39, 0.29) is 6.54 Å². The Labute approximate surface area is 285 Å². The van der Waals surface area contributed by atoms with Crippen LogP contribution < -0.4 is 32.3 Å². The van der Waals surface area contributed by atoms with Crippen LogP contribution in [0, 0.1) is 11.8 Å². The van der Waals surface area contributed by atoms with Gasteiger partial charge in [-0.3, -0.25) is 43.2 Å². The third-order valence-electron chi connectivity index (χ3n) is 8.18. The molecule has 1 saturated heterocycles. The number of carbonyl (C=O) groups excluding carboxylic acids is 7. The molecule has 49 heavy (non-hydrogen) atoms. The van der Waals surface area contributed by atoms with Crippen LogP contribution in [-0.4, -0.2) is 111 Å². The lowest BCUT2D eigenvalue weighted by atomic mass is 9.95. The molecule has 1 aliphatic heterocycles. The number of nitrogens with two attached hydrogens (primary N) is 1. The second kappa shape index (κ2) is 19.9. The molecular weight excluding hydrogens is 646 g/mol. The van der Waals surface area contributed by atoms with Gasteiger partial charge in [0, 0.05) is 13.5 Å². The first-order valence-electron chi connectivity index (χ1n) is 16.4. The summed E-state index contributed by atoms with van der Waals surface area (Å²) in [5.74, 6) is -9.50. The first-order chi connectivity index (χ1) is 22.8. The summed E-state index contributed by atoms with van der Waals surface area (Å²) in [6.45, 7) is 9.80. The first kappa shape index (κ1) is 42.3. The maximum absolute atomic E-state index is 13.8. The van der Waals surface area contributed by atoms with E-state index < -0.39 is 114 Å². The SMILES string of the molecule is CCC[C@H](NC(=O)[C@@H]1CCCN1C(=O)[C@@H](NC(=O)[C@@H](NC(=O)[C@@H](CC(=O)O)NC(=O)[C@H](CC(=O)O)NC(C)=O)[C@@H](C)CC)C(C)C)C(N)=O. The number of nitrogens with zero attached hydrogens (tertiary/aromatic N) is 1. The maximum Gasteiger partial charge on any atom is 0.305 e. The van der Waals surface area contributed by atoms with Gasteiger partial charge in [0.15, 0.2) is 0 Å². The Kier molecular flexibility index (Phi) is 17.2. The van der Waals surface area contributed by atoms with E-state index in [0.717, 1.165) is 6.92 Å². The number of carboxylic acids is 2. The second-order valence-corrected chi connectivity index (χ2v) is 12.6. The van der Waals surface area contributed by atoms with E-state index in [2.05, 4.69) is 26.6 Å². The molecule has 1 rings (SSSR count). The van der Waals surface area contributed by atoms with Gasteiger partial charge < -0.3 is 47.4 Å². The quantitative estimate of drug-likeness (QED) is 0.0714. The van der Waals surface area contributed by atoms with E-state index in [1.807, 2.05) is 6.92 Å². The molecule has 276 valence electrons. The zero-order chi connectivity index (χ0) is 37.6. The molecule has 1 fully saturated rings. The average Bonchev–Trinajstić information content (AvgIpc) is 3.50. The number of hydrogen-bond donors (Lipinski definition) is 8. The van der Waals surface area contributed by atoms with Gasteiger partial charge in [-0.1, -0.05) is 47.5 Å². The summed E-state index contributed by atoms with van der Waals surface area (Å²) in [7, 11) is 0. The van der Waals surface area contributed by atoms with Gasteiger partial charge >= 0.3 is 11.9 Å². The van der Waals surface area contributed by atoms with Crippen molar-refractivity contribution in [3.05, 3.63) is 0 Å². The Balaban J connectivity index is 3.23. The number of nitrogens with one attached hydrogen (secondary N) is 5. The number of carboxylic acid groups (broad SMARTS) is 2. The van der Waals surface area contributed by atoms with Gasteiger partial charge in [0.2, 0.25) is 41.4 Å². The zero-order valence-electron chi connectivity index (χ0n) is 28.9. The summed E-state index contributed by atoms with van der Waals surface area (Å²) in [6, 6.07) is -7.65. The number of carbonyl (C=O) groups is 9. The molecule has 0 aliphatic carbocycles. The minimum atomic E-state index is -1.77. The average molecular weight is 698 g/mol. The number of likely N-dealkylation sites (tertiary alicyclic amines) is 1. The molecule has 0 aromatic rings. The summed E-state index contributed by atoms with van der Waals surface area (Å²) >= 11 is 0. The zero-order valence-corrected chi connectivity index (χ0v) is 28.9. The molecule has 7 atom stereocenters. The fraction of sp³-hybridized carbons (Fsp3) is 0.710. The Morgan fingerprint density at radius 1 is 0.755 bits per heavy atom. The Morgan fingerprint density at radius 2 is 1.29 bits per heavy atom. The summed E-state index contributed by atoms with van der Waals surface area (Å²) in [6.07, 6.45) is 0.296. The minimum absolute atomic E-state index is 0.217. The monoisotopic (exact) mass is 697 g/mol.